The van der Waals surface area contributed by atoms with Crippen molar-refractivity contribution in [3.8, 4) is 0 Å². The van der Waals surface area contributed by atoms with Gasteiger partial charge >= 0.3 is 5.97 Å². The Hall–Kier alpha value is -1.17. The van der Waals surface area contributed by atoms with Crippen molar-refractivity contribution in [2.75, 3.05) is 0 Å². The number of unbranched alkanes of at least 4 members (excludes halogenated alkanes) is 6. The lowest BCUT2D eigenvalue weighted by Crippen LogP contribution is -2.34. The smallest absolute Gasteiger partial charge is 0.303 e. The highest BCUT2D eigenvalue weighted by atomic mass is 16.4. The van der Waals surface area contributed by atoms with Crippen LogP contribution in [0.1, 0.15) is 64.7 Å². The van der Waals surface area contributed by atoms with Gasteiger partial charge in [-0.2, -0.15) is 0 Å². The summed E-state index contributed by atoms with van der Waals surface area (Å²) in [6, 6.07) is 0. The second-order valence-electron chi connectivity index (χ2n) is 5.82. The predicted molar refractivity (Wildman–Crippen MR) is 91.2 cm³/mol. The molecule has 0 saturated carbocycles. The molecule has 3 atom stereocenters. The van der Waals surface area contributed by atoms with Crippen LogP contribution >= 0.6 is 0 Å². The lowest BCUT2D eigenvalue weighted by Gasteiger charge is -2.18. The van der Waals surface area contributed by atoms with E-state index in [0.717, 1.165) is 51.4 Å². The summed E-state index contributed by atoms with van der Waals surface area (Å²) in [4.78, 5) is 10.3. The molecule has 0 spiro atoms. The van der Waals surface area contributed by atoms with Crippen LogP contribution in [0.5, 0.6) is 0 Å². The lowest BCUT2D eigenvalue weighted by atomic mass is 10.1. The van der Waals surface area contributed by atoms with Gasteiger partial charge in [-0.15, -0.1) is 0 Å². The van der Waals surface area contributed by atoms with E-state index in [0.29, 0.717) is 0 Å². The number of rotatable bonds is 14. The van der Waals surface area contributed by atoms with Crippen molar-refractivity contribution in [2.24, 2.45) is 0 Å². The summed E-state index contributed by atoms with van der Waals surface area (Å²) < 4.78 is 0. The normalized spacial score (nSPS) is 16.0. The van der Waals surface area contributed by atoms with Crippen LogP contribution in [0.4, 0.5) is 0 Å². The molecule has 0 aromatic rings. The number of aliphatic hydroxyl groups excluding tert-OH is 3. The second-order valence-corrected chi connectivity index (χ2v) is 5.82. The zero-order valence-corrected chi connectivity index (χ0v) is 14.1. The third-order valence-corrected chi connectivity index (χ3v) is 3.58. The van der Waals surface area contributed by atoms with Gasteiger partial charge in [0.25, 0.3) is 0 Å². The maximum absolute atomic E-state index is 10.3. The van der Waals surface area contributed by atoms with Crippen LogP contribution < -0.4 is 0 Å². The summed E-state index contributed by atoms with van der Waals surface area (Å²) in [5.74, 6) is -0.743. The third kappa shape index (κ3) is 13.0. The van der Waals surface area contributed by atoms with E-state index in [4.69, 9.17) is 5.11 Å². The van der Waals surface area contributed by atoms with Gasteiger partial charge in [0.1, 0.15) is 18.3 Å². The average Bonchev–Trinajstić information content (AvgIpc) is 2.52. The maximum atomic E-state index is 10.3. The number of hydrogen-bond donors (Lipinski definition) is 4. The Balaban J connectivity index is 3.74. The van der Waals surface area contributed by atoms with Gasteiger partial charge in [0.05, 0.1) is 0 Å². The van der Waals surface area contributed by atoms with Gasteiger partial charge in [-0.05, 0) is 25.7 Å². The maximum Gasteiger partial charge on any atom is 0.303 e. The fourth-order valence-corrected chi connectivity index (χ4v) is 2.14. The molecule has 0 heterocycles. The van der Waals surface area contributed by atoms with Gasteiger partial charge in [-0.3, -0.25) is 4.79 Å². The van der Waals surface area contributed by atoms with E-state index in [-0.39, 0.29) is 6.42 Å². The first-order chi connectivity index (χ1) is 11.0. The summed E-state index contributed by atoms with van der Waals surface area (Å²) in [6.45, 7) is 2.02. The molecule has 5 nitrogen and oxygen atoms in total. The van der Waals surface area contributed by atoms with Crippen LogP contribution in [-0.4, -0.2) is 44.7 Å². The number of carboxylic acid groups (broad SMARTS) is 1. The third-order valence-electron chi connectivity index (χ3n) is 3.58. The molecule has 0 aromatic heterocycles. The van der Waals surface area contributed by atoms with Crippen molar-refractivity contribution < 1.29 is 25.2 Å². The van der Waals surface area contributed by atoms with Crippen molar-refractivity contribution in [1.29, 1.82) is 0 Å². The van der Waals surface area contributed by atoms with Crippen molar-refractivity contribution in [1.82, 2.24) is 0 Å². The number of aliphatic carboxylic acids is 1. The van der Waals surface area contributed by atoms with E-state index in [1.165, 1.54) is 12.2 Å². The molecule has 23 heavy (non-hydrogen) atoms. The monoisotopic (exact) mass is 328 g/mol. The fourth-order valence-electron chi connectivity index (χ4n) is 2.14. The molecule has 3 unspecified atom stereocenters. The minimum absolute atomic E-state index is 0.235. The standard InChI is InChI=1S/C18H32O5/c1-2-3-9-12-15(19)18(23)16(20)13-10-7-5-4-6-8-11-14-17(21)22/h9-10,12-13,15-16,18-20,23H,2-8,11,14H2,1H3,(H,21,22). The van der Waals surface area contributed by atoms with Crippen LogP contribution in [0.15, 0.2) is 24.3 Å². The Morgan fingerprint density at radius 3 is 1.96 bits per heavy atom. The van der Waals surface area contributed by atoms with Crippen LogP contribution in [-0.2, 0) is 4.79 Å². The first-order valence-electron chi connectivity index (χ1n) is 8.58. The van der Waals surface area contributed by atoms with Crippen LogP contribution in [0.25, 0.3) is 0 Å². The van der Waals surface area contributed by atoms with E-state index in [2.05, 4.69) is 0 Å². The van der Waals surface area contributed by atoms with Crippen LogP contribution in [0, 0.1) is 0 Å². The van der Waals surface area contributed by atoms with Gasteiger partial charge < -0.3 is 20.4 Å². The van der Waals surface area contributed by atoms with E-state index in [9.17, 15) is 20.1 Å². The molecule has 0 bridgehead atoms. The number of carbonyl (C=O) groups is 1. The molecule has 134 valence electrons. The molecule has 0 aliphatic carbocycles. The summed E-state index contributed by atoms with van der Waals surface area (Å²) in [5.41, 5.74) is 0. The van der Waals surface area contributed by atoms with E-state index in [1.807, 2.05) is 13.0 Å². The first-order valence-corrected chi connectivity index (χ1v) is 8.58. The van der Waals surface area contributed by atoms with E-state index in [1.54, 1.807) is 6.08 Å². The Morgan fingerprint density at radius 2 is 1.39 bits per heavy atom. The summed E-state index contributed by atoms with van der Waals surface area (Å²) in [6.07, 6.45) is 10.8. The molecule has 0 radical (unpaired) electrons. The Kier molecular flexibility index (Phi) is 13.7. The van der Waals surface area contributed by atoms with Crippen molar-refractivity contribution in [3.05, 3.63) is 24.3 Å². The minimum Gasteiger partial charge on any atom is -0.481 e. The first kappa shape index (κ1) is 21.8. The molecular weight excluding hydrogens is 296 g/mol. The summed E-state index contributed by atoms with van der Waals surface area (Å²) >= 11 is 0. The molecule has 0 amide bonds. The molecule has 0 saturated heterocycles. The van der Waals surface area contributed by atoms with Gasteiger partial charge in [-0.25, -0.2) is 0 Å². The van der Waals surface area contributed by atoms with Crippen LogP contribution in [0.2, 0.25) is 0 Å². The molecule has 0 fully saturated rings. The molecule has 5 heteroatoms. The Morgan fingerprint density at radius 1 is 0.870 bits per heavy atom. The van der Waals surface area contributed by atoms with Gasteiger partial charge in [0.2, 0.25) is 0 Å². The molecule has 0 aliphatic rings. The Labute approximate surface area is 139 Å². The highest BCUT2D eigenvalue weighted by molar-refractivity contribution is 5.66. The van der Waals surface area contributed by atoms with Gasteiger partial charge in [0.15, 0.2) is 0 Å². The van der Waals surface area contributed by atoms with Crippen molar-refractivity contribution in [3.63, 3.8) is 0 Å². The molecule has 0 aliphatic heterocycles. The second kappa shape index (κ2) is 14.4. The summed E-state index contributed by atoms with van der Waals surface area (Å²) in [5, 5.41) is 37.8. The Bertz CT molecular complexity index is 351. The number of allylic oxidation sites excluding steroid dienone is 2. The highest BCUT2D eigenvalue weighted by Crippen LogP contribution is 2.09. The quantitative estimate of drug-likeness (QED) is 0.290. The number of hydrogen-bond acceptors (Lipinski definition) is 4. The topological polar surface area (TPSA) is 98.0 Å². The van der Waals surface area contributed by atoms with E-state index >= 15 is 0 Å². The number of aliphatic hydroxyl groups is 3. The van der Waals surface area contributed by atoms with Gasteiger partial charge in [0, 0.05) is 6.42 Å². The van der Waals surface area contributed by atoms with Crippen molar-refractivity contribution in [2.45, 2.75) is 83.0 Å². The number of carboxylic acids is 1. The van der Waals surface area contributed by atoms with Crippen LogP contribution in [0.3, 0.4) is 0 Å². The molecule has 0 rings (SSSR count). The fraction of sp³-hybridized carbons (Fsp3) is 0.722. The van der Waals surface area contributed by atoms with Crippen molar-refractivity contribution >= 4 is 5.97 Å². The van der Waals surface area contributed by atoms with E-state index < -0.39 is 24.3 Å². The molecule has 4 N–H and O–H groups in total. The highest BCUT2D eigenvalue weighted by Gasteiger charge is 2.19. The zero-order valence-electron chi connectivity index (χ0n) is 14.1. The summed E-state index contributed by atoms with van der Waals surface area (Å²) in [7, 11) is 0. The SMILES string of the molecule is CCCC=CC(O)C(O)C(O)C=CCCCCCCCC(=O)O. The van der Waals surface area contributed by atoms with Gasteiger partial charge in [-0.1, -0.05) is 56.9 Å². The largest absolute Gasteiger partial charge is 0.481 e. The molecule has 0 aromatic carbocycles. The molecular formula is C18H32O5. The predicted octanol–water partition coefficient (Wildman–Crippen LogP) is 2.80. The average molecular weight is 328 g/mol. The minimum atomic E-state index is -1.21. The lowest BCUT2D eigenvalue weighted by molar-refractivity contribution is -0.137. The zero-order chi connectivity index (χ0) is 17.5.